The van der Waals surface area contributed by atoms with E-state index in [4.69, 9.17) is 9.84 Å². The third-order valence-corrected chi connectivity index (χ3v) is 1.54. The second-order valence-electron chi connectivity index (χ2n) is 2.64. The van der Waals surface area contributed by atoms with Crippen LogP contribution in [-0.4, -0.2) is 11.7 Å². The Labute approximate surface area is 83.5 Å². The lowest BCUT2D eigenvalue weighted by molar-refractivity contribution is 0.370. The summed E-state index contributed by atoms with van der Waals surface area (Å²) in [4.78, 5) is 0. The van der Waals surface area contributed by atoms with E-state index in [0.717, 1.165) is 5.75 Å². The molecule has 0 spiro atoms. The van der Waals surface area contributed by atoms with Gasteiger partial charge in [-0.05, 0) is 30.9 Å². The zero-order valence-corrected chi connectivity index (χ0v) is 7.87. The molecule has 0 amide bonds. The molecule has 0 aliphatic heterocycles. The number of hydrogen-bond acceptors (Lipinski definition) is 2. The van der Waals surface area contributed by atoms with Gasteiger partial charge in [0.25, 0.3) is 0 Å². The average molecular weight is 186 g/mol. The molecule has 1 aromatic rings. The van der Waals surface area contributed by atoms with Crippen LogP contribution in [0.2, 0.25) is 0 Å². The van der Waals surface area contributed by atoms with Gasteiger partial charge in [0, 0.05) is 5.92 Å². The van der Waals surface area contributed by atoms with E-state index in [1.807, 2.05) is 31.2 Å². The van der Waals surface area contributed by atoms with E-state index < -0.39 is 0 Å². The summed E-state index contributed by atoms with van der Waals surface area (Å²) in [6, 6.07) is 7.70. The van der Waals surface area contributed by atoms with Crippen molar-refractivity contribution in [1.29, 1.82) is 0 Å². The molecule has 0 unspecified atom stereocenters. The molecule has 2 heteroatoms. The third kappa shape index (κ3) is 3.56. The van der Waals surface area contributed by atoms with Crippen LogP contribution in [0.1, 0.15) is 5.56 Å². The molecule has 0 aromatic heterocycles. The van der Waals surface area contributed by atoms with Crippen molar-refractivity contribution in [3.05, 3.63) is 29.8 Å². The molecule has 0 atom stereocenters. The topological polar surface area (TPSA) is 29.5 Å². The van der Waals surface area contributed by atoms with Crippen molar-refractivity contribution < 1.29 is 9.84 Å². The lowest BCUT2D eigenvalue weighted by Crippen LogP contribution is -1.93. The van der Waals surface area contributed by atoms with Crippen LogP contribution in [-0.2, 0) is 0 Å². The van der Waals surface area contributed by atoms with Crippen molar-refractivity contribution >= 4 is 0 Å². The Hall–Kier alpha value is -2.06. The van der Waals surface area contributed by atoms with Crippen molar-refractivity contribution in [2.45, 2.75) is 6.92 Å². The molecule has 0 bridgehead atoms. The maximum absolute atomic E-state index is 8.11. The number of aryl methyl sites for hydroxylation is 1. The SMILES string of the molecule is Cc1ccc(OCC#CC#CO)cc1. The van der Waals surface area contributed by atoms with Gasteiger partial charge in [-0.3, -0.25) is 0 Å². The number of benzene rings is 1. The van der Waals surface area contributed by atoms with Gasteiger partial charge < -0.3 is 9.84 Å². The number of aliphatic hydroxyl groups is 1. The van der Waals surface area contributed by atoms with Crippen molar-refractivity contribution in [2.75, 3.05) is 6.61 Å². The van der Waals surface area contributed by atoms with E-state index in [2.05, 4.69) is 17.8 Å². The van der Waals surface area contributed by atoms with Crippen LogP contribution in [0.25, 0.3) is 0 Å². The van der Waals surface area contributed by atoms with Crippen LogP contribution < -0.4 is 4.74 Å². The van der Waals surface area contributed by atoms with Gasteiger partial charge in [-0.1, -0.05) is 17.7 Å². The molecule has 0 aliphatic rings. The van der Waals surface area contributed by atoms with Gasteiger partial charge in [-0.25, -0.2) is 0 Å². The highest BCUT2D eigenvalue weighted by atomic mass is 16.5. The second kappa shape index (κ2) is 5.56. The molecular weight excluding hydrogens is 176 g/mol. The first-order valence-electron chi connectivity index (χ1n) is 4.14. The molecule has 14 heavy (non-hydrogen) atoms. The highest BCUT2D eigenvalue weighted by Gasteiger charge is 1.89. The summed E-state index contributed by atoms with van der Waals surface area (Å²) in [5.74, 6) is 8.06. The molecule has 1 aromatic carbocycles. The summed E-state index contributed by atoms with van der Waals surface area (Å²) in [6.45, 7) is 2.29. The smallest absolute Gasteiger partial charge is 0.150 e. The van der Waals surface area contributed by atoms with Gasteiger partial charge in [0.2, 0.25) is 0 Å². The summed E-state index contributed by atoms with van der Waals surface area (Å²) in [7, 11) is 0. The Morgan fingerprint density at radius 1 is 1.21 bits per heavy atom. The largest absolute Gasteiger partial charge is 0.481 e. The Bertz CT molecular complexity index is 396. The third-order valence-electron chi connectivity index (χ3n) is 1.54. The van der Waals surface area contributed by atoms with Crippen LogP contribution in [0, 0.1) is 30.8 Å². The number of rotatable bonds is 2. The zero-order chi connectivity index (χ0) is 10.2. The van der Waals surface area contributed by atoms with Gasteiger partial charge in [-0.2, -0.15) is 0 Å². The molecule has 0 heterocycles. The molecule has 0 saturated carbocycles. The van der Waals surface area contributed by atoms with Crippen molar-refractivity contribution in [1.82, 2.24) is 0 Å². The summed E-state index contributed by atoms with van der Waals surface area (Å²) in [5.41, 5.74) is 1.19. The standard InChI is InChI=1S/C12H10O2/c1-11-5-7-12(8-6-11)14-10-4-2-3-9-13/h5-8,13H,10H2,1H3. The normalized spacial score (nSPS) is 7.79. The van der Waals surface area contributed by atoms with Crippen molar-refractivity contribution in [3.63, 3.8) is 0 Å². The molecule has 0 saturated heterocycles. The van der Waals surface area contributed by atoms with E-state index in [9.17, 15) is 0 Å². The van der Waals surface area contributed by atoms with Gasteiger partial charge in [0.1, 0.15) is 18.5 Å². The van der Waals surface area contributed by atoms with Gasteiger partial charge >= 0.3 is 0 Å². The van der Waals surface area contributed by atoms with Gasteiger partial charge in [0.05, 0.1) is 0 Å². The number of ether oxygens (including phenoxy) is 1. The fraction of sp³-hybridized carbons (Fsp3) is 0.167. The minimum absolute atomic E-state index is 0.276. The minimum Gasteiger partial charge on any atom is -0.481 e. The van der Waals surface area contributed by atoms with E-state index in [1.54, 1.807) is 6.11 Å². The summed E-state index contributed by atoms with van der Waals surface area (Å²) < 4.78 is 5.28. The molecule has 1 rings (SSSR count). The molecular formula is C12H10O2. The quantitative estimate of drug-likeness (QED) is 0.712. The average Bonchev–Trinajstić information content (AvgIpc) is 2.21. The zero-order valence-electron chi connectivity index (χ0n) is 7.87. The van der Waals surface area contributed by atoms with Crippen LogP contribution in [0.15, 0.2) is 24.3 Å². The lowest BCUT2D eigenvalue weighted by Gasteiger charge is -2.00. The lowest BCUT2D eigenvalue weighted by atomic mass is 10.2. The monoisotopic (exact) mass is 186 g/mol. The molecule has 70 valence electrons. The Kier molecular flexibility index (Phi) is 3.98. The minimum atomic E-state index is 0.276. The second-order valence-corrected chi connectivity index (χ2v) is 2.64. The summed E-state index contributed by atoms with van der Waals surface area (Å²) in [5, 5.41) is 8.11. The highest BCUT2D eigenvalue weighted by Crippen LogP contribution is 2.10. The summed E-state index contributed by atoms with van der Waals surface area (Å²) in [6.07, 6.45) is 1.69. The first-order chi connectivity index (χ1) is 6.83. The van der Waals surface area contributed by atoms with Gasteiger partial charge in [0.15, 0.2) is 0 Å². The van der Waals surface area contributed by atoms with Crippen LogP contribution in [0.4, 0.5) is 0 Å². The highest BCUT2D eigenvalue weighted by molar-refractivity contribution is 5.28. The number of hydrogen-bond donors (Lipinski definition) is 1. The molecule has 1 N–H and O–H groups in total. The van der Waals surface area contributed by atoms with E-state index in [0.29, 0.717) is 0 Å². The van der Waals surface area contributed by atoms with Crippen molar-refractivity contribution in [2.24, 2.45) is 0 Å². The fourth-order valence-corrected chi connectivity index (χ4v) is 0.862. The maximum Gasteiger partial charge on any atom is 0.150 e. The predicted molar refractivity (Wildman–Crippen MR) is 54.2 cm³/mol. The molecule has 0 fully saturated rings. The van der Waals surface area contributed by atoms with Crippen molar-refractivity contribution in [3.8, 4) is 29.6 Å². The molecule has 0 radical (unpaired) electrons. The molecule has 0 aliphatic carbocycles. The van der Waals surface area contributed by atoms with Crippen LogP contribution >= 0.6 is 0 Å². The molecule has 2 nitrogen and oxygen atoms in total. The van der Waals surface area contributed by atoms with Crippen LogP contribution in [0.3, 0.4) is 0 Å². The van der Waals surface area contributed by atoms with E-state index >= 15 is 0 Å². The summed E-state index contributed by atoms with van der Waals surface area (Å²) >= 11 is 0. The van der Waals surface area contributed by atoms with Crippen LogP contribution in [0.5, 0.6) is 5.75 Å². The first-order valence-corrected chi connectivity index (χ1v) is 4.14. The Morgan fingerprint density at radius 2 is 1.93 bits per heavy atom. The predicted octanol–water partition coefficient (Wildman–Crippen LogP) is 1.71. The van der Waals surface area contributed by atoms with Gasteiger partial charge in [-0.15, -0.1) is 0 Å². The fourth-order valence-electron chi connectivity index (χ4n) is 0.862. The Morgan fingerprint density at radius 3 is 2.57 bits per heavy atom. The maximum atomic E-state index is 8.11. The van der Waals surface area contributed by atoms with E-state index in [-0.39, 0.29) is 6.61 Å². The van der Waals surface area contributed by atoms with E-state index in [1.165, 1.54) is 5.56 Å². The first kappa shape index (κ1) is 10.0. The Balaban J connectivity index is 2.42. The number of aliphatic hydroxyl groups excluding tert-OH is 1.